The van der Waals surface area contributed by atoms with Gasteiger partial charge in [-0.25, -0.2) is 12.8 Å². The van der Waals surface area contributed by atoms with Gasteiger partial charge in [-0.2, -0.15) is 4.31 Å². The summed E-state index contributed by atoms with van der Waals surface area (Å²) in [5.74, 6) is -0.910. The molecular weight excluding hydrogens is 283 g/mol. The molecule has 1 aliphatic rings. The van der Waals surface area contributed by atoms with Gasteiger partial charge >= 0.3 is 0 Å². The monoisotopic (exact) mass is 302 g/mol. The van der Waals surface area contributed by atoms with Crippen molar-refractivity contribution < 1.29 is 17.5 Å². The van der Waals surface area contributed by atoms with E-state index in [-0.39, 0.29) is 16.3 Å². The molecule has 0 unspecified atom stereocenters. The second-order valence-electron chi connectivity index (χ2n) is 5.52. The summed E-state index contributed by atoms with van der Waals surface area (Å²) in [6.45, 7) is 4.16. The lowest BCUT2D eigenvalue weighted by atomic mass is 10.0. The zero-order valence-corrected chi connectivity index (χ0v) is 12.6. The Bertz CT molecular complexity index is 605. The summed E-state index contributed by atoms with van der Waals surface area (Å²) in [6, 6.07) is 2.20. The van der Waals surface area contributed by atoms with E-state index in [2.05, 4.69) is 0 Å². The fourth-order valence-corrected chi connectivity index (χ4v) is 4.50. The highest BCUT2D eigenvalue weighted by atomic mass is 32.2. The molecular formula is C13H19FN2O3S. The maximum atomic E-state index is 13.8. The van der Waals surface area contributed by atoms with E-state index >= 15 is 0 Å². The molecule has 0 bridgehead atoms. The summed E-state index contributed by atoms with van der Waals surface area (Å²) in [5.41, 5.74) is 5.15. The Morgan fingerprint density at radius 1 is 1.40 bits per heavy atom. The molecule has 0 radical (unpaired) electrons. The molecule has 0 spiro atoms. The molecule has 2 rings (SSSR count). The molecule has 1 heterocycles. The second-order valence-corrected chi connectivity index (χ2v) is 7.38. The molecule has 2 N–H and O–H groups in total. The minimum atomic E-state index is -3.76. The van der Waals surface area contributed by atoms with Crippen molar-refractivity contribution >= 4 is 15.7 Å². The first-order chi connectivity index (χ1) is 9.20. The van der Waals surface area contributed by atoms with Gasteiger partial charge in [-0.3, -0.25) is 0 Å². The number of hydrogen-bond donors (Lipinski definition) is 1. The standard InChI is InChI=1S/C13H19FN2O3S/c1-13(2)5-4-6-16(13)20(17,18)9-7-10(14)12(19-3)11(15)8-9/h7-8H,4-6,15H2,1-3H3. The van der Waals surface area contributed by atoms with Crippen LogP contribution in [0.5, 0.6) is 5.75 Å². The number of rotatable bonds is 3. The van der Waals surface area contributed by atoms with Crippen LogP contribution in [0.2, 0.25) is 0 Å². The minimum absolute atomic E-state index is 0.0249. The number of anilines is 1. The lowest BCUT2D eigenvalue weighted by Crippen LogP contribution is -2.42. The molecule has 0 atom stereocenters. The molecule has 1 aliphatic heterocycles. The number of nitrogens with zero attached hydrogens (tertiary/aromatic N) is 1. The van der Waals surface area contributed by atoms with Crippen LogP contribution in [0.15, 0.2) is 17.0 Å². The molecule has 5 nitrogen and oxygen atoms in total. The van der Waals surface area contributed by atoms with Crippen molar-refractivity contribution in [3.8, 4) is 5.75 Å². The van der Waals surface area contributed by atoms with E-state index in [0.717, 1.165) is 18.9 Å². The van der Waals surface area contributed by atoms with Crippen LogP contribution in [-0.2, 0) is 10.0 Å². The third kappa shape index (κ3) is 2.35. The second kappa shape index (κ2) is 4.89. The Balaban J connectivity index is 2.51. The number of sulfonamides is 1. The molecule has 1 aromatic carbocycles. The lowest BCUT2D eigenvalue weighted by Gasteiger charge is -2.30. The third-order valence-electron chi connectivity index (χ3n) is 3.66. The van der Waals surface area contributed by atoms with Crippen LogP contribution in [0.3, 0.4) is 0 Å². The van der Waals surface area contributed by atoms with Gasteiger partial charge in [0, 0.05) is 12.1 Å². The van der Waals surface area contributed by atoms with Crippen molar-refractivity contribution in [2.45, 2.75) is 37.1 Å². The Hall–Kier alpha value is -1.34. The summed E-state index contributed by atoms with van der Waals surface area (Å²) in [4.78, 5) is -0.136. The highest BCUT2D eigenvalue weighted by Crippen LogP contribution is 2.36. The number of hydrogen-bond acceptors (Lipinski definition) is 4. The molecule has 0 saturated carbocycles. The normalized spacial score (nSPS) is 19.2. The van der Waals surface area contributed by atoms with E-state index in [0.29, 0.717) is 6.54 Å². The Labute approximate surface area is 118 Å². The van der Waals surface area contributed by atoms with Crippen LogP contribution in [0.1, 0.15) is 26.7 Å². The van der Waals surface area contributed by atoms with Crippen LogP contribution in [-0.4, -0.2) is 31.9 Å². The summed E-state index contributed by atoms with van der Waals surface area (Å²) in [7, 11) is -2.47. The largest absolute Gasteiger partial charge is 0.492 e. The molecule has 1 fully saturated rings. The Morgan fingerprint density at radius 3 is 2.50 bits per heavy atom. The van der Waals surface area contributed by atoms with Crippen molar-refractivity contribution in [2.24, 2.45) is 0 Å². The number of nitrogens with two attached hydrogens (primary N) is 1. The molecule has 0 aromatic heterocycles. The summed E-state index contributed by atoms with van der Waals surface area (Å²) >= 11 is 0. The van der Waals surface area contributed by atoms with Gasteiger partial charge in [0.2, 0.25) is 10.0 Å². The van der Waals surface area contributed by atoms with E-state index in [1.807, 2.05) is 13.8 Å². The van der Waals surface area contributed by atoms with E-state index in [1.54, 1.807) is 0 Å². The molecule has 20 heavy (non-hydrogen) atoms. The quantitative estimate of drug-likeness (QED) is 0.867. The molecule has 0 aliphatic carbocycles. The lowest BCUT2D eigenvalue weighted by molar-refractivity contribution is 0.291. The number of ether oxygens (including phenoxy) is 1. The average Bonchev–Trinajstić information content (AvgIpc) is 2.69. The van der Waals surface area contributed by atoms with Crippen molar-refractivity contribution in [1.82, 2.24) is 4.31 Å². The first-order valence-electron chi connectivity index (χ1n) is 6.36. The zero-order chi connectivity index (χ0) is 15.1. The van der Waals surface area contributed by atoms with E-state index in [1.165, 1.54) is 17.5 Å². The van der Waals surface area contributed by atoms with Crippen LogP contribution in [0.4, 0.5) is 10.1 Å². The van der Waals surface area contributed by atoms with E-state index in [9.17, 15) is 12.8 Å². The van der Waals surface area contributed by atoms with Gasteiger partial charge in [0.05, 0.1) is 17.7 Å². The Kier molecular flexibility index (Phi) is 3.68. The van der Waals surface area contributed by atoms with E-state index in [4.69, 9.17) is 10.5 Å². The average molecular weight is 302 g/mol. The molecule has 0 amide bonds. The maximum absolute atomic E-state index is 13.8. The van der Waals surface area contributed by atoms with Gasteiger partial charge in [-0.15, -0.1) is 0 Å². The number of benzene rings is 1. The predicted octanol–water partition coefficient (Wildman–Crippen LogP) is 1.98. The van der Waals surface area contributed by atoms with Crippen molar-refractivity contribution in [3.63, 3.8) is 0 Å². The minimum Gasteiger partial charge on any atom is -0.492 e. The van der Waals surface area contributed by atoms with Crippen LogP contribution in [0, 0.1) is 5.82 Å². The van der Waals surface area contributed by atoms with Gasteiger partial charge < -0.3 is 10.5 Å². The summed E-state index contributed by atoms with van der Waals surface area (Å²) < 4.78 is 45.3. The highest BCUT2D eigenvalue weighted by Gasteiger charge is 2.41. The van der Waals surface area contributed by atoms with Gasteiger partial charge in [0.1, 0.15) is 0 Å². The fourth-order valence-electron chi connectivity index (χ4n) is 2.61. The predicted molar refractivity (Wildman–Crippen MR) is 74.6 cm³/mol. The SMILES string of the molecule is COc1c(N)cc(S(=O)(=O)N2CCCC2(C)C)cc1F. The van der Waals surface area contributed by atoms with Crippen molar-refractivity contribution in [1.29, 1.82) is 0 Å². The third-order valence-corrected chi connectivity index (χ3v) is 5.75. The molecule has 7 heteroatoms. The number of methoxy groups -OCH3 is 1. The number of nitrogen functional groups attached to an aromatic ring is 1. The zero-order valence-electron chi connectivity index (χ0n) is 11.8. The first-order valence-corrected chi connectivity index (χ1v) is 7.80. The smallest absolute Gasteiger partial charge is 0.243 e. The molecule has 1 aromatic rings. The van der Waals surface area contributed by atoms with E-state index < -0.39 is 21.4 Å². The topological polar surface area (TPSA) is 72.6 Å². The number of halogens is 1. The fraction of sp³-hybridized carbons (Fsp3) is 0.538. The summed E-state index contributed by atoms with van der Waals surface area (Å²) in [6.07, 6.45) is 1.57. The van der Waals surface area contributed by atoms with Crippen molar-refractivity contribution in [3.05, 3.63) is 17.9 Å². The van der Waals surface area contributed by atoms with Crippen LogP contribution < -0.4 is 10.5 Å². The molecule has 1 saturated heterocycles. The first kappa shape index (κ1) is 15.1. The van der Waals surface area contributed by atoms with Gasteiger partial charge in [0.15, 0.2) is 11.6 Å². The Morgan fingerprint density at radius 2 is 2.05 bits per heavy atom. The maximum Gasteiger partial charge on any atom is 0.243 e. The van der Waals surface area contributed by atoms with Gasteiger partial charge in [-0.1, -0.05) is 0 Å². The van der Waals surface area contributed by atoms with Crippen LogP contribution >= 0.6 is 0 Å². The summed E-state index contributed by atoms with van der Waals surface area (Å²) in [5, 5.41) is 0. The van der Waals surface area contributed by atoms with Gasteiger partial charge in [-0.05, 0) is 38.8 Å². The van der Waals surface area contributed by atoms with Crippen molar-refractivity contribution in [2.75, 3.05) is 19.4 Å². The van der Waals surface area contributed by atoms with Gasteiger partial charge in [0.25, 0.3) is 0 Å². The highest BCUT2D eigenvalue weighted by molar-refractivity contribution is 7.89. The van der Waals surface area contributed by atoms with Crippen LogP contribution in [0.25, 0.3) is 0 Å². The molecule has 112 valence electrons.